The number of Topliss-reactive ketones (excluding diaryl/α,β-unsaturated/α-hetero) is 1. The maximum Gasteiger partial charge on any atom is 0.234 e. The highest BCUT2D eigenvalue weighted by molar-refractivity contribution is 6.30. The molecule has 4 heteroatoms. The molecule has 3 nitrogen and oxygen atoms in total. The molecule has 0 aliphatic carbocycles. The highest BCUT2D eigenvalue weighted by atomic mass is 35.5. The lowest BCUT2D eigenvalue weighted by atomic mass is 9.83. The zero-order valence-corrected chi connectivity index (χ0v) is 13.6. The fourth-order valence-electron chi connectivity index (χ4n) is 2.11. The van der Waals surface area contributed by atoms with Crippen LogP contribution in [0.5, 0.6) is 0 Å². The lowest BCUT2D eigenvalue weighted by Crippen LogP contribution is -2.34. The second-order valence-electron chi connectivity index (χ2n) is 5.73. The maximum absolute atomic E-state index is 12.6. The molecule has 0 radical (unpaired) electrons. The molecule has 2 aromatic rings. The normalized spacial score (nSPS) is 11.1. The number of anilines is 1. The monoisotopic (exact) mass is 315 g/mol. The summed E-state index contributed by atoms with van der Waals surface area (Å²) in [5.74, 6) is -0.194. The smallest absolute Gasteiger partial charge is 0.234 e. The number of hydrogen-bond donors (Lipinski definition) is 1. The number of carbonyl (C=O) groups is 2. The predicted molar refractivity (Wildman–Crippen MR) is 89.6 cm³/mol. The molecule has 0 spiro atoms. The summed E-state index contributed by atoms with van der Waals surface area (Å²) >= 11 is 6.00. The van der Waals surface area contributed by atoms with Crippen molar-refractivity contribution in [1.82, 2.24) is 0 Å². The standard InChI is InChI=1S/C18H18ClNO2/c1-12(21)13-6-4-9-16(10-13)20-17(22)18(2,3)14-7-5-8-15(19)11-14/h4-11H,1-3H3,(H,20,22). The van der Waals surface area contributed by atoms with Crippen molar-refractivity contribution in [3.05, 3.63) is 64.7 Å². The summed E-state index contributed by atoms with van der Waals surface area (Å²) in [5, 5.41) is 3.46. The first-order valence-corrected chi connectivity index (χ1v) is 7.37. The van der Waals surface area contributed by atoms with Crippen molar-refractivity contribution in [2.24, 2.45) is 0 Å². The van der Waals surface area contributed by atoms with Crippen LogP contribution >= 0.6 is 11.6 Å². The minimum Gasteiger partial charge on any atom is -0.325 e. The van der Waals surface area contributed by atoms with E-state index in [4.69, 9.17) is 11.6 Å². The summed E-state index contributed by atoms with van der Waals surface area (Å²) in [6, 6.07) is 14.2. The first kappa shape index (κ1) is 16.2. The minimum absolute atomic E-state index is 0.0369. The van der Waals surface area contributed by atoms with E-state index in [-0.39, 0.29) is 11.7 Å². The number of amides is 1. The third-order valence-corrected chi connectivity index (χ3v) is 3.88. The minimum atomic E-state index is -0.739. The SMILES string of the molecule is CC(=O)c1cccc(NC(=O)C(C)(C)c2cccc(Cl)c2)c1. The molecule has 0 unspecified atom stereocenters. The van der Waals surface area contributed by atoms with Crippen molar-refractivity contribution in [3.8, 4) is 0 Å². The lowest BCUT2D eigenvalue weighted by Gasteiger charge is -2.24. The Kier molecular flexibility index (Phi) is 4.67. The van der Waals surface area contributed by atoms with Crippen LogP contribution in [-0.4, -0.2) is 11.7 Å². The first-order chi connectivity index (χ1) is 10.3. The van der Waals surface area contributed by atoms with Gasteiger partial charge in [0.15, 0.2) is 5.78 Å². The van der Waals surface area contributed by atoms with Crippen LogP contribution in [0, 0.1) is 0 Å². The Labute approximate surface area is 135 Å². The van der Waals surface area contributed by atoms with E-state index in [1.807, 2.05) is 26.0 Å². The molecule has 22 heavy (non-hydrogen) atoms. The van der Waals surface area contributed by atoms with Crippen molar-refractivity contribution in [2.45, 2.75) is 26.2 Å². The first-order valence-electron chi connectivity index (χ1n) is 6.99. The van der Waals surface area contributed by atoms with Crippen molar-refractivity contribution in [1.29, 1.82) is 0 Å². The van der Waals surface area contributed by atoms with Crippen LogP contribution in [0.4, 0.5) is 5.69 Å². The quantitative estimate of drug-likeness (QED) is 0.847. The Morgan fingerprint density at radius 3 is 2.36 bits per heavy atom. The second kappa shape index (κ2) is 6.32. The van der Waals surface area contributed by atoms with Crippen LogP contribution in [0.3, 0.4) is 0 Å². The number of carbonyl (C=O) groups excluding carboxylic acids is 2. The molecule has 0 aliphatic rings. The van der Waals surface area contributed by atoms with Gasteiger partial charge in [-0.2, -0.15) is 0 Å². The molecular formula is C18H18ClNO2. The van der Waals surface area contributed by atoms with Gasteiger partial charge in [0.25, 0.3) is 0 Å². The number of nitrogens with one attached hydrogen (secondary N) is 1. The third kappa shape index (κ3) is 3.55. The van der Waals surface area contributed by atoms with Gasteiger partial charge in [-0.1, -0.05) is 35.9 Å². The third-order valence-electron chi connectivity index (χ3n) is 3.64. The largest absolute Gasteiger partial charge is 0.325 e. The Morgan fingerprint density at radius 1 is 1.05 bits per heavy atom. The van der Waals surface area contributed by atoms with Crippen LogP contribution in [0.1, 0.15) is 36.7 Å². The van der Waals surface area contributed by atoms with E-state index in [1.54, 1.807) is 36.4 Å². The average molecular weight is 316 g/mol. The number of hydrogen-bond acceptors (Lipinski definition) is 2. The van der Waals surface area contributed by atoms with Gasteiger partial charge in [0.05, 0.1) is 5.41 Å². The van der Waals surface area contributed by atoms with Crippen LogP contribution in [0.25, 0.3) is 0 Å². The average Bonchev–Trinajstić information content (AvgIpc) is 2.47. The molecule has 1 amide bonds. The zero-order valence-electron chi connectivity index (χ0n) is 12.8. The van der Waals surface area contributed by atoms with Gasteiger partial charge in [-0.15, -0.1) is 0 Å². The van der Waals surface area contributed by atoms with Gasteiger partial charge in [0.1, 0.15) is 0 Å². The fourth-order valence-corrected chi connectivity index (χ4v) is 2.30. The van der Waals surface area contributed by atoms with Crippen LogP contribution in [0.15, 0.2) is 48.5 Å². The van der Waals surface area contributed by atoms with Gasteiger partial charge in [-0.05, 0) is 50.6 Å². The van der Waals surface area contributed by atoms with E-state index in [0.29, 0.717) is 16.3 Å². The molecule has 2 rings (SSSR count). The van der Waals surface area contributed by atoms with Gasteiger partial charge >= 0.3 is 0 Å². The van der Waals surface area contributed by atoms with E-state index in [9.17, 15) is 9.59 Å². The zero-order chi connectivity index (χ0) is 16.3. The van der Waals surface area contributed by atoms with E-state index in [0.717, 1.165) is 5.56 Å². The molecule has 114 valence electrons. The van der Waals surface area contributed by atoms with Crippen LogP contribution < -0.4 is 5.32 Å². The van der Waals surface area contributed by atoms with Crippen molar-refractivity contribution in [2.75, 3.05) is 5.32 Å². The second-order valence-corrected chi connectivity index (χ2v) is 6.16. The molecule has 0 heterocycles. The Morgan fingerprint density at radius 2 is 1.73 bits per heavy atom. The van der Waals surface area contributed by atoms with Crippen molar-refractivity contribution >= 4 is 29.0 Å². The molecular weight excluding hydrogens is 298 g/mol. The highest BCUT2D eigenvalue weighted by Crippen LogP contribution is 2.27. The van der Waals surface area contributed by atoms with Gasteiger partial charge in [-0.3, -0.25) is 9.59 Å². The maximum atomic E-state index is 12.6. The Hall–Kier alpha value is -2.13. The van der Waals surface area contributed by atoms with Gasteiger partial charge in [0, 0.05) is 16.3 Å². The molecule has 0 fully saturated rings. The summed E-state index contributed by atoms with van der Waals surface area (Å²) in [7, 11) is 0. The Bertz CT molecular complexity index is 723. The molecule has 0 saturated heterocycles. The molecule has 0 aromatic heterocycles. The predicted octanol–water partition coefficient (Wildman–Crippen LogP) is 4.46. The topological polar surface area (TPSA) is 46.2 Å². The molecule has 0 atom stereocenters. The van der Waals surface area contributed by atoms with Gasteiger partial charge in [-0.25, -0.2) is 0 Å². The summed E-state index contributed by atoms with van der Waals surface area (Å²) in [5.41, 5.74) is 1.27. The molecule has 0 bridgehead atoms. The van der Waals surface area contributed by atoms with E-state index in [2.05, 4.69) is 5.32 Å². The summed E-state index contributed by atoms with van der Waals surface area (Å²) in [6.07, 6.45) is 0. The van der Waals surface area contributed by atoms with E-state index >= 15 is 0 Å². The summed E-state index contributed by atoms with van der Waals surface area (Å²) in [4.78, 5) is 24.0. The number of ketones is 1. The number of halogens is 1. The highest BCUT2D eigenvalue weighted by Gasteiger charge is 2.30. The number of benzene rings is 2. The van der Waals surface area contributed by atoms with Crippen LogP contribution in [0.2, 0.25) is 5.02 Å². The molecule has 2 aromatic carbocycles. The van der Waals surface area contributed by atoms with Gasteiger partial charge in [0.2, 0.25) is 5.91 Å². The van der Waals surface area contributed by atoms with Gasteiger partial charge < -0.3 is 5.32 Å². The van der Waals surface area contributed by atoms with E-state index < -0.39 is 5.41 Å². The van der Waals surface area contributed by atoms with Crippen molar-refractivity contribution < 1.29 is 9.59 Å². The molecule has 1 N–H and O–H groups in total. The fraction of sp³-hybridized carbons (Fsp3) is 0.222. The Balaban J connectivity index is 2.24. The summed E-state index contributed by atoms with van der Waals surface area (Å²) in [6.45, 7) is 5.17. The summed E-state index contributed by atoms with van der Waals surface area (Å²) < 4.78 is 0. The van der Waals surface area contributed by atoms with Crippen LogP contribution in [-0.2, 0) is 10.2 Å². The lowest BCUT2D eigenvalue weighted by molar-refractivity contribution is -0.120. The van der Waals surface area contributed by atoms with E-state index in [1.165, 1.54) is 6.92 Å². The van der Waals surface area contributed by atoms with Crippen molar-refractivity contribution in [3.63, 3.8) is 0 Å². The molecule has 0 aliphatic heterocycles. The molecule has 0 saturated carbocycles. The number of rotatable bonds is 4.